The van der Waals surface area contributed by atoms with Gasteiger partial charge in [0.2, 0.25) is 0 Å². The molecule has 180 valence electrons. The van der Waals surface area contributed by atoms with Crippen LogP contribution in [-0.4, -0.2) is 15.3 Å². The summed E-state index contributed by atoms with van der Waals surface area (Å²) >= 11 is 0. The maximum Gasteiger partial charge on any atom is 0.121 e. The Bertz CT molecular complexity index is 1340. The Morgan fingerprint density at radius 1 is 0.486 bits per heavy atom. The summed E-state index contributed by atoms with van der Waals surface area (Å²) in [6.07, 6.45) is 0. The highest BCUT2D eigenvalue weighted by atomic mass is 16.3. The fourth-order valence-corrected chi connectivity index (χ4v) is 4.97. The van der Waals surface area contributed by atoms with Crippen LogP contribution in [0.3, 0.4) is 0 Å². The predicted molar refractivity (Wildman–Crippen MR) is 143 cm³/mol. The van der Waals surface area contributed by atoms with Crippen LogP contribution < -0.4 is 0 Å². The SMILES string of the molecule is Cc1cc(C(C)(C)c2ccc(C(C)(c3ccc(O)cc3)c3cc(C)c(O)c(C)c3)cc2)ccc1O. The third-order valence-corrected chi connectivity index (χ3v) is 7.62. The molecule has 0 bridgehead atoms. The maximum atomic E-state index is 10.4. The molecule has 0 aliphatic rings. The molecule has 0 aliphatic heterocycles. The van der Waals surface area contributed by atoms with E-state index in [-0.39, 0.29) is 11.2 Å². The third kappa shape index (κ3) is 4.27. The van der Waals surface area contributed by atoms with Crippen LogP contribution in [0.1, 0.15) is 65.3 Å². The number of hydrogen-bond acceptors (Lipinski definition) is 3. The zero-order valence-corrected chi connectivity index (χ0v) is 21.3. The van der Waals surface area contributed by atoms with Gasteiger partial charge in [-0.3, -0.25) is 0 Å². The molecule has 1 atom stereocenters. The van der Waals surface area contributed by atoms with Gasteiger partial charge in [-0.1, -0.05) is 74.5 Å². The molecule has 3 heteroatoms. The minimum absolute atomic E-state index is 0.232. The largest absolute Gasteiger partial charge is 0.508 e. The number of phenolic OH excluding ortho intramolecular Hbond substituents is 3. The molecule has 4 aromatic rings. The second-order valence-corrected chi connectivity index (χ2v) is 10.3. The third-order valence-electron chi connectivity index (χ3n) is 7.62. The van der Waals surface area contributed by atoms with Crippen molar-refractivity contribution in [2.45, 2.75) is 52.4 Å². The van der Waals surface area contributed by atoms with E-state index in [9.17, 15) is 15.3 Å². The highest BCUT2D eigenvalue weighted by Crippen LogP contribution is 2.42. The molecule has 1 unspecified atom stereocenters. The van der Waals surface area contributed by atoms with E-state index in [1.54, 1.807) is 18.2 Å². The molecular weight excluding hydrogens is 432 g/mol. The van der Waals surface area contributed by atoms with Crippen LogP contribution in [0.4, 0.5) is 0 Å². The molecule has 3 nitrogen and oxygen atoms in total. The molecule has 4 aromatic carbocycles. The smallest absolute Gasteiger partial charge is 0.121 e. The summed E-state index contributed by atoms with van der Waals surface area (Å²) in [6.45, 7) is 12.3. The normalized spacial score (nSPS) is 13.4. The number of hydrogen-bond donors (Lipinski definition) is 3. The van der Waals surface area contributed by atoms with Gasteiger partial charge in [-0.25, -0.2) is 0 Å². The molecule has 0 heterocycles. The molecule has 0 saturated heterocycles. The molecule has 0 aliphatic carbocycles. The first-order chi connectivity index (χ1) is 16.4. The van der Waals surface area contributed by atoms with Gasteiger partial charge in [0.15, 0.2) is 0 Å². The van der Waals surface area contributed by atoms with E-state index in [4.69, 9.17) is 0 Å². The van der Waals surface area contributed by atoms with Crippen molar-refractivity contribution in [1.29, 1.82) is 0 Å². The standard InChI is InChI=1S/C32H34O3/c1-20-17-26(13-16-29(20)34)31(4,5)23-7-9-24(10-8-23)32(6,25-11-14-28(33)15-12-25)27-18-21(2)30(35)22(3)19-27/h7-19,33-35H,1-6H3. The van der Waals surface area contributed by atoms with Gasteiger partial charge in [-0.2, -0.15) is 0 Å². The van der Waals surface area contributed by atoms with Crippen molar-refractivity contribution in [3.63, 3.8) is 0 Å². The predicted octanol–water partition coefficient (Wildman–Crippen LogP) is 7.41. The zero-order valence-electron chi connectivity index (χ0n) is 21.3. The number of phenols is 3. The average Bonchev–Trinajstić information content (AvgIpc) is 2.83. The Labute approximate surface area is 208 Å². The van der Waals surface area contributed by atoms with Crippen molar-refractivity contribution in [1.82, 2.24) is 0 Å². The molecule has 0 fully saturated rings. The fourth-order valence-electron chi connectivity index (χ4n) is 4.97. The lowest BCUT2D eigenvalue weighted by Crippen LogP contribution is -2.26. The van der Waals surface area contributed by atoms with Gasteiger partial charge in [0.1, 0.15) is 17.2 Å². The maximum absolute atomic E-state index is 10.4. The molecule has 4 rings (SSSR count). The summed E-state index contributed by atoms with van der Waals surface area (Å²) in [4.78, 5) is 0. The number of aryl methyl sites for hydroxylation is 3. The summed E-state index contributed by atoms with van der Waals surface area (Å²) in [5, 5.41) is 30.3. The second-order valence-electron chi connectivity index (χ2n) is 10.3. The van der Waals surface area contributed by atoms with Crippen molar-refractivity contribution >= 4 is 0 Å². The molecular formula is C32H34O3. The van der Waals surface area contributed by atoms with E-state index in [2.05, 4.69) is 45.0 Å². The molecule has 3 N–H and O–H groups in total. The van der Waals surface area contributed by atoms with Gasteiger partial charge in [0.05, 0.1) is 0 Å². The molecule has 0 radical (unpaired) electrons. The summed E-state index contributed by atoms with van der Waals surface area (Å²) in [5.41, 5.74) is 7.39. The first-order valence-corrected chi connectivity index (χ1v) is 12.0. The van der Waals surface area contributed by atoms with Gasteiger partial charge in [-0.05, 0) is 90.4 Å². The molecule has 0 saturated carbocycles. The Balaban J connectivity index is 1.84. The summed E-state index contributed by atoms with van der Waals surface area (Å²) in [7, 11) is 0. The van der Waals surface area contributed by atoms with Gasteiger partial charge in [-0.15, -0.1) is 0 Å². The van der Waals surface area contributed by atoms with Crippen LogP contribution in [0, 0.1) is 20.8 Å². The molecule has 0 aromatic heterocycles. The monoisotopic (exact) mass is 466 g/mol. The van der Waals surface area contributed by atoms with Crippen LogP contribution in [0.25, 0.3) is 0 Å². The average molecular weight is 467 g/mol. The quantitative estimate of drug-likeness (QED) is 0.268. The Kier molecular flexibility index (Phi) is 6.14. The van der Waals surface area contributed by atoms with E-state index < -0.39 is 5.41 Å². The van der Waals surface area contributed by atoms with Gasteiger partial charge >= 0.3 is 0 Å². The lowest BCUT2D eigenvalue weighted by molar-refractivity contribution is 0.466. The molecule has 0 amide bonds. The van der Waals surface area contributed by atoms with Crippen LogP contribution >= 0.6 is 0 Å². The summed E-state index contributed by atoms with van der Waals surface area (Å²) in [6, 6.07) is 26.0. The van der Waals surface area contributed by atoms with Gasteiger partial charge in [0.25, 0.3) is 0 Å². The van der Waals surface area contributed by atoms with Gasteiger partial charge in [0, 0.05) is 10.8 Å². The van der Waals surface area contributed by atoms with Crippen LogP contribution in [0.2, 0.25) is 0 Å². The molecule has 35 heavy (non-hydrogen) atoms. The molecule has 0 spiro atoms. The topological polar surface area (TPSA) is 60.7 Å². The van der Waals surface area contributed by atoms with E-state index in [1.165, 1.54) is 5.56 Å². The lowest BCUT2D eigenvalue weighted by atomic mass is 9.69. The highest BCUT2D eigenvalue weighted by Gasteiger charge is 2.33. The van der Waals surface area contributed by atoms with Crippen LogP contribution in [-0.2, 0) is 10.8 Å². The number of rotatable bonds is 5. The number of benzene rings is 4. The number of aromatic hydroxyl groups is 3. The lowest BCUT2D eigenvalue weighted by Gasteiger charge is -2.34. The van der Waals surface area contributed by atoms with E-state index in [0.29, 0.717) is 11.5 Å². The van der Waals surface area contributed by atoms with Crippen molar-refractivity contribution in [2.24, 2.45) is 0 Å². The summed E-state index contributed by atoms with van der Waals surface area (Å²) in [5.74, 6) is 0.864. The Hall–Kier alpha value is -3.72. The van der Waals surface area contributed by atoms with Crippen molar-refractivity contribution in [3.8, 4) is 17.2 Å². The van der Waals surface area contributed by atoms with Crippen molar-refractivity contribution < 1.29 is 15.3 Å². The fraction of sp³-hybridized carbons (Fsp3) is 0.250. The second kappa shape index (κ2) is 8.81. The van der Waals surface area contributed by atoms with E-state index in [1.807, 2.05) is 57.2 Å². The summed E-state index contributed by atoms with van der Waals surface area (Å²) < 4.78 is 0. The first-order valence-electron chi connectivity index (χ1n) is 12.0. The van der Waals surface area contributed by atoms with Crippen LogP contribution in [0.5, 0.6) is 17.2 Å². The Morgan fingerprint density at radius 3 is 1.43 bits per heavy atom. The first kappa shape index (κ1) is 24.4. The minimum atomic E-state index is -0.491. The van der Waals surface area contributed by atoms with E-state index >= 15 is 0 Å². The zero-order chi connectivity index (χ0) is 25.5. The Morgan fingerprint density at radius 2 is 0.914 bits per heavy atom. The van der Waals surface area contributed by atoms with Crippen molar-refractivity contribution in [3.05, 3.63) is 123 Å². The van der Waals surface area contributed by atoms with Gasteiger partial charge < -0.3 is 15.3 Å². The van der Waals surface area contributed by atoms with E-state index in [0.717, 1.165) is 38.9 Å². The minimum Gasteiger partial charge on any atom is -0.508 e. The van der Waals surface area contributed by atoms with Crippen LogP contribution in [0.15, 0.2) is 78.9 Å². The highest BCUT2D eigenvalue weighted by molar-refractivity contribution is 5.55. The van der Waals surface area contributed by atoms with Crippen molar-refractivity contribution in [2.75, 3.05) is 0 Å².